The summed E-state index contributed by atoms with van der Waals surface area (Å²) < 4.78 is 2.05. The second-order valence-corrected chi connectivity index (χ2v) is 7.17. The molecule has 6 nitrogen and oxygen atoms in total. The van der Waals surface area contributed by atoms with Gasteiger partial charge >= 0.3 is 6.03 Å². The highest BCUT2D eigenvalue weighted by Gasteiger charge is 2.26. The Morgan fingerprint density at radius 1 is 1.28 bits per heavy atom. The summed E-state index contributed by atoms with van der Waals surface area (Å²) in [7, 11) is 3.50. The minimum atomic E-state index is -0.0693. The second-order valence-electron chi connectivity index (χ2n) is 7.17. The minimum Gasteiger partial charge on any atom is -0.336 e. The van der Waals surface area contributed by atoms with Gasteiger partial charge in [-0.3, -0.25) is 9.58 Å². The summed E-state index contributed by atoms with van der Waals surface area (Å²) in [5.74, 6) is 0. The molecule has 0 saturated heterocycles. The van der Waals surface area contributed by atoms with Crippen molar-refractivity contribution in [2.45, 2.75) is 33.0 Å². The normalized spacial score (nSPS) is 17.2. The van der Waals surface area contributed by atoms with Gasteiger partial charge in [0.25, 0.3) is 0 Å². The molecule has 0 aliphatic carbocycles. The molecular weight excluding hydrogens is 314 g/mol. The first kappa shape index (κ1) is 17.5. The molecule has 1 unspecified atom stereocenters. The van der Waals surface area contributed by atoms with Gasteiger partial charge in [0.15, 0.2) is 0 Å². The number of nitrogens with zero attached hydrogens (tertiary/aromatic N) is 4. The van der Waals surface area contributed by atoms with Crippen molar-refractivity contribution < 1.29 is 4.79 Å². The molecule has 0 fully saturated rings. The highest BCUT2D eigenvalue weighted by Crippen LogP contribution is 2.22. The minimum absolute atomic E-state index is 0.0693. The Morgan fingerprint density at radius 3 is 2.68 bits per heavy atom. The van der Waals surface area contributed by atoms with Crippen LogP contribution in [0.25, 0.3) is 0 Å². The van der Waals surface area contributed by atoms with Crippen molar-refractivity contribution >= 4 is 6.03 Å². The van der Waals surface area contributed by atoms with Crippen molar-refractivity contribution in [3.63, 3.8) is 0 Å². The smallest absolute Gasteiger partial charge is 0.316 e. The van der Waals surface area contributed by atoms with Crippen LogP contribution in [0.1, 0.15) is 28.4 Å². The predicted molar refractivity (Wildman–Crippen MR) is 98.4 cm³/mol. The van der Waals surface area contributed by atoms with Crippen LogP contribution in [0.5, 0.6) is 0 Å². The largest absolute Gasteiger partial charge is 0.336 e. The van der Waals surface area contributed by atoms with Crippen LogP contribution in [0.15, 0.2) is 30.5 Å². The summed E-state index contributed by atoms with van der Waals surface area (Å²) in [6.45, 7) is 7.52. The average molecular weight is 341 g/mol. The maximum Gasteiger partial charge on any atom is 0.316 e. The molecular formula is C19H27N5O. The summed E-state index contributed by atoms with van der Waals surface area (Å²) >= 11 is 0. The fourth-order valence-electron chi connectivity index (χ4n) is 3.52. The Labute approximate surface area is 149 Å². The molecule has 1 atom stereocenters. The molecule has 0 saturated carbocycles. The maximum atomic E-state index is 11.9. The Balaban J connectivity index is 1.72. The fourth-order valence-corrected chi connectivity index (χ4v) is 3.52. The number of fused-ring (bicyclic) bond motifs is 1. The van der Waals surface area contributed by atoms with E-state index in [4.69, 9.17) is 0 Å². The molecule has 2 amide bonds. The molecule has 1 N–H and O–H groups in total. The van der Waals surface area contributed by atoms with E-state index >= 15 is 0 Å². The van der Waals surface area contributed by atoms with Crippen LogP contribution in [0.4, 0.5) is 4.79 Å². The number of rotatable bonds is 4. The van der Waals surface area contributed by atoms with Crippen LogP contribution in [0.3, 0.4) is 0 Å². The van der Waals surface area contributed by atoms with Gasteiger partial charge < -0.3 is 10.2 Å². The molecule has 0 bridgehead atoms. The second kappa shape index (κ2) is 7.27. The molecule has 1 aliphatic heterocycles. The van der Waals surface area contributed by atoms with E-state index in [9.17, 15) is 4.79 Å². The van der Waals surface area contributed by atoms with Crippen molar-refractivity contribution in [3.05, 3.63) is 52.8 Å². The van der Waals surface area contributed by atoms with Gasteiger partial charge in [-0.25, -0.2) is 4.79 Å². The average Bonchev–Trinajstić information content (AvgIpc) is 2.99. The van der Waals surface area contributed by atoms with Crippen molar-refractivity contribution in [3.8, 4) is 0 Å². The van der Waals surface area contributed by atoms with Gasteiger partial charge in [-0.1, -0.05) is 29.3 Å². The van der Waals surface area contributed by atoms with Gasteiger partial charge in [0.1, 0.15) is 0 Å². The molecule has 2 heterocycles. The van der Waals surface area contributed by atoms with Crippen molar-refractivity contribution in [1.29, 1.82) is 0 Å². The summed E-state index contributed by atoms with van der Waals surface area (Å²) in [5.41, 5.74) is 5.12. The number of aryl methyl sites for hydroxylation is 2. The lowest BCUT2D eigenvalue weighted by molar-refractivity contribution is 0.162. The Morgan fingerprint density at radius 2 is 2.00 bits per heavy atom. The molecule has 1 aliphatic rings. The van der Waals surface area contributed by atoms with Gasteiger partial charge in [-0.2, -0.15) is 5.10 Å². The van der Waals surface area contributed by atoms with E-state index < -0.39 is 0 Å². The molecule has 2 aromatic rings. The summed E-state index contributed by atoms with van der Waals surface area (Å²) in [4.78, 5) is 15.8. The van der Waals surface area contributed by atoms with Crippen molar-refractivity contribution in [2.75, 3.05) is 27.2 Å². The van der Waals surface area contributed by atoms with Gasteiger partial charge in [-0.05, 0) is 25.5 Å². The number of hydrogen-bond donors (Lipinski definition) is 1. The lowest BCUT2D eigenvalue weighted by atomic mass is 10.1. The predicted octanol–water partition coefficient (Wildman–Crippen LogP) is 2.33. The fraction of sp³-hybridized carbons (Fsp3) is 0.474. The van der Waals surface area contributed by atoms with Gasteiger partial charge in [0.05, 0.1) is 11.7 Å². The van der Waals surface area contributed by atoms with Gasteiger partial charge in [0.2, 0.25) is 0 Å². The highest BCUT2D eigenvalue weighted by atomic mass is 16.2. The molecule has 6 heteroatoms. The topological polar surface area (TPSA) is 53.4 Å². The van der Waals surface area contributed by atoms with Crippen molar-refractivity contribution in [2.24, 2.45) is 0 Å². The number of hydrogen-bond acceptors (Lipinski definition) is 3. The van der Waals surface area contributed by atoms with E-state index in [1.807, 2.05) is 10.9 Å². The maximum absolute atomic E-state index is 11.9. The molecule has 0 spiro atoms. The van der Waals surface area contributed by atoms with Crippen molar-refractivity contribution in [1.82, 2.24) is 24.9 Å². The van der Waals surface area contributed by atoms with E-state index in [-0.39, 0.29) is 12.1 Å². The third kappa shape index (κ3) is 4.20. The number of aromatic nitrogens is 2. The molecule has 25 heavy (non-hydrogen) atoms. The zero-order valence-electron chi connectivity index (χ0n) is 15.5. The Hall–Kier alpha value is -2.34. The number of carbonyl (C=O) groups excluding carboxylic acids is 1. The zero-order chi connectivity index (χ0) is 18.0. The first-order chi connectivity index (χ1) is 11.9. The van der Waals surface area contributed by atoms with Crippen LogP contribution >= 0.6 is 0 Å². The lowest BCUT2D eigenvalue weighted by Crippen LogP contribution is -2.44. The summed E-state index contributed by atoms with van der Waals surface area (Å²) in [5, 5.41) is 7.44. The van der Waals surface area contributed by atoms with E-state index in [0.29, 0.717) is 6.54 Å². The van der Waals surface area contributed by atoms with E-state index in [2.05, 4.69) is 53.4 Å². The van der Waals surface area contributed by atoms with E-state index in [1.54, 1.807) is 19.0 Å². The first-order valence-corrected chi connectivity index (χ1v) is 8.69. The van der Waals surface area contributed by atoms with Crippen LogP contribution in [0.2, 0.25) is 0 Å². The molecule has 134 valence electrons. The first-order valence-electron chi connectivity index (χ1n) is 8.69. The number of benzene rings is 1. The highest BCUT2D eigenvalue weighted by molar-refractivity contribution is 5.73. The summed E-state index contributed by atoms with van der Waals surface area (Å²) in [6, 6.07) is 8.85. The van der Waals surface area contributed by atoms with Crippen LogP contribution < -0.4 is 5.32 Å². The van der Waals surface area contributed by atoms with Crippen LogP contribution in [0, 0.1) is 13.8 Å². The monoisotopic (exact) mass is 341 g/mol. The quantitative estimate of drug-likeness (QED) is 0.929. The SMILES string of the molecule is Cc1cc(C)cc(CN2Cc3ccnn3C(CNC(=O)N(C)C)C2)c1. The lowest BCUT2D eigenvalue weighted by Gasteiger charge is -2.34. The molecule has 0 radical (unpaired) electrons. The summed E-state index contributed by atoms with van der Waals surface area (Å²) in [6.07, 6.45) is 1.84. The number of carbonyl (C=O) groups is 1. The van der Waals surface area contributed by atoms with Crippen LogP contribution in [-0.2, 0) is 13.1 Å². The van der Waals surface area contributed by atoms with Gasteiger partial charge in [0, 0.05) is 46.5 Å². The number of urea groups is 1. The third-order valence-corrected chi connectivity index (χ3v) is 4.54. The standard InChI is InChI=1S/C19H27N5O/c1-14-7-15(2)9-16(8-14)11-23-12-17-5-6-21-24(17)18(13-23)10-20-19(25)22(3)4/h5-9,18H,10-13H2,1-4H3,(H,20,25). The third-order valence-electron chi connectivity index (χ3n) is 4.54. The number of amides is 2. The molecule has 3 rings (SSSR count). The Kier molecular flexibility index (Phi) is 5.08. The van der Waals surface area contributed by atoms with E-state index in [0.717, 1.165) is 19.6 Å². The molecule has 1 aromatic heterocycles. The van der Waals surface area contributed by atoms with Crippen LogP contribution in [-0.4, -0.2) is 52.8 Å². The zero-order valence-corrected chi connectivity index (χ0v) is 15.5. The van der Waals surface area contributed by atoms with Gasteiger partial charge in [-0.15, -0.1) is 0 Å². The Bertz CT molecular complexity index is 732. The van der Waals surface area contributed by atoms with E-state index in [1.165, 1.54) is 22.4 Å². The molecule has 1 aromatic carbocycles. The number of nitrogens with one attached hydrogen (secondary N) is 1.